The molecule has 140 valence electrons. The van der Waals surface area contributed by atoms with Crippen molar-refractivity contribution in [3.8, 4) is 5.19 Å². The molecule has 0 radical (unpaired) electrons. The molecule has 0 bridgehead atoms. The van der Waals surface area contributed by atoms with Crippen LogP contribution in [0.5, 0.6) is 5.19 Å². The number of hydrogen-bond acceptors (Lipinski definition) is 4. The Morgan fingerprint density at radius 2 is 2.00 bits per heavy atom. The van der Waals surface area contributed by atoms with Gasteiger partial charge in [0.05, 0.1) is 15.8 Å². The highest BCUT2D eigenvalue weighted by Gasteiger charge is 2.27. The molecule has 4 nitrogen and oxygen atoms in total. The van der Waals surface area contributed by atoms with E-state index in [2.05, 4.69) is 4.98 Å². The second-order valence-corrected chi connectivity index (χ2v) is 7.63. The third kappa shape index (κ3) is 3.64. The predicted molar refractivity (Wildman–Crippen MR) is 100 cm³/mol. The van der Waals surface area contributed by atoms with Gasteiger partial charge in [-0.1, -0.05) is 23.5 Å². The van der Waals surface area contributed by atoms with Crippen LogP contribution in [-0.2, 0) is 0 Å². The molecule has 7 heteroatoms. The van der Waals surface area contributed by atoms with Crippen molar-refractivity contribution in [2.24, 2.45) is 0 Å². The molecule has 0 atom stereocenters. The zero-order chi connectivity index (χ0) is 19.0. The highest BCUT2D eigenvalue weighted by molar-refractivity contribution is 7.20. The summed E-state index contributed by atoms with van der Waals surface area (Å²) in [6, 6.07) is 9.06. The Balaban J connectivity index is 1.39. The standard InChI is InChI=1S/C20H18F2N2O2S/c1-12-3-2-4-17-18(12)23-20(27-17)26-14-7-9-24(10-8-14)19(25)15-6-5-13(21)11-16(15)22/h2-6,11,14H,7-10H2,1H3. The van der Waals surface area contributed by atoms with Crippen LogP contribution in [0.4, 0.5) is 8.78 Å². The molecule has 0 unspecified atom stereocenters. The Labute approximate surface area is 159 Å². The SMILES string of the molecule is Cc1cccc2sc(OC3CCN(C(=O)c4ccc(F)cc4F)CC3)nc12. The quantitative estimate of drug-likeness (QED) is 0.660. The number of rotatable bonds is 3. The van der Waals surface area contributed by atoms with Crippen molar-refractivity contribution in [2.45, 2.75) is 25.9 Å². The van der Waals surface area contributed by atoms with E-state index in [9.17, 15) is 13.6 Å². The molecule has 1 saturated heterocycles. The van der Waals surface area contributed by atoms with Crippen molar-refractivity contribution in [1.82, 2.24) is 9.88 Å². The molecule has 1 amide bonds. The number of piperidine rings is 1. The number of aromatic nitrogens is 1. The lowest BCUT2D eigenvalue weighted by Gasteiger charge is -2.31. The molecule has 0 saturated carbocycles. The van der Waals surface area contributed by atoms with Crippen LogP contribution in [0.15, 0.2) is 36.4 Å². The van der Waals surface area contributed by atoms with E-state index in [0.29, 0.717) is 31.1 Å². The molecule has 3 aromatic rings. The first kappa shape index (κ1) is 17.9. The van der Waals surface area contributed by atoms with Crippen LogP contribution >= 0.6 is 11.3 Å². The van der Waals surface area contributed by atoms with Gasteiger partial charge >= 0.3 is 0 Å². The molecule has 1 fully saturated rings. The molecular weight excluding hydrogens is 370 g/mol. The smallest absolute Gasteiger partial charge is 0.274 e. The van der Waals surface area contributed by atoms with Gasteiger partial charge < -0.3 is 9.64 Å². The zero-order valence-corrected chi connectivity index (χ0v) is 15.6. The van der Waals surface area contributed by atoms with Gasteiger partial charge in [-0.3, -0.25) is 4.79 Å². The van der Waals surface area contributed by atoms with Gasteiger partial charge in [0, 0.05) is 32.0 Å². The number of carbonyl (C=O) groups excluding carboxylic acids is 1. The molecule has 2 aromatic carbocycles. The molecular formula is C20H18F2N2O2S. The first-order valence-corrected chi connectivity index (χ1v) is 9.60. The number of fused-ring (bicyclic) bond motifs is 1. The monoisotopic (exact) mass is 388 g/mol. The molecule has 0 aliphatic carbocycles. The van der Waals surface area contributed by atoms with E-state index >= 15 is 0 Å². The summed E-state index contributed by atoms with van der Waals surface area (Å²) >= 11 is 1.51. The van der Waals surface area contributed by atoms with E-state index < -0.39 is 17.5 Å². The minimum absolute atomic E-state index is 0.0343. The number of carbonyl (C=O) groups is 1. The maximum atomic E-state index is 13.8. The van der Waals surface area contributed by atoms with Gasteiger partial charge in [-0.2, -0.15) is 0 Å². The second-order valence-electron chi connectivity index (χ2n) is 6.64. The Morgan fingerprint density at radius 1 is 1.22 bits per heavy atom. The summed E-state index contributed by atoms with van der Waals surface area (Å²) in [6.07, 6.45) is 1.25. The second kappa shape index (κ2) is 7.23. The van der Waals surface area contributed by atoms with E-state index in [-0.39, 0.29) is 11.7 Å². The third-order valence-electron chi connectivity index (χ3n) is 4.76. The highest BCUT2D eigenvalue weighted by atomic mass is 32.1. The maximum Gasteiger partial charge on any atom is 0.274 e. The topological polar surface area (TPSA) is 42.4 Å². The number of para-hydroxylation sites is 1. The lowest BCUT2D eigenvalue weighted by Crippen LogP contribution is -2.42. The Morgan fingerprint density at radius 3 is 2.70 bits per heavy atom. The van der Waals surface area contributed by atoms with Crippen LogP contribution in [0.1, 0.15) is 28.8 Å². The highest BCUT2D eigenvalue weighted by Crippen LogP contribution is 2.31. The number of ether oxygens (including phenoxy) is 1. The van der Waals surface area contributed by atoms with Crippen molar-refractivity contribution in [3.05, 3.63) is 59.2 Å². The van der Waals surface area contributed by atoms with E-state index in [4.69, 9.17) is 4.74 Å². The van der Waals surface area contributed by atoms with Crippen molar-refractivity contribution < 1.29 is 18.3 Å². The molecule has 1 aromatic heterocycles. The lowest BCUT2D eigenvalue weighted by molar-refractivity contribution is 0.0591. The lowest BCUT2D eigenvalue weighted by atomic mass is 10.1. The Hall–Kier alpha value is -2.54. The molecule has 1 aliphatic rings. The van der Waals surface area contributed by atoms with Crippen molar-refractivity contribution >= 4 is 27.5 Å². The maximum absolute atomic E-state index is 13.8. The van der Waals surface area contributed by atoms with E-state index in [1.807, 2.05) is 25.1 Å². The number of halogens is 2. The fourth-order valence-corrected chi connectivity index (χ4v) is 4.23. The number of nitrogens with zero attached hydrogens (tertiary/aromatic N) is 2. The molecule has 2 heterocycles. The number of hydrogen-bond donors (Lipinski definition) is 0. The number of amides is 1. The van der Waals surface area contributed by atoms with Crippen LogP contribution in [0, 0.1) is 18.6 Å². The van der Waals surface area contributed by atoms with Crippen LogP contribution in [-0.4, -0.2) is 35.0 Å². The summed E-state index contributed by atoms with van der Waals surface area (Å²) in [6.45, 7) is 2.94. The van der Waals surface area contributed by atoms with Gasteiger partial charge in [0.1, 0.15) is 17.7 Å². The molecule has 4 rings (SSSR count). The zero-order valence-electron chi connectivity index (χ0n) is 14.7. The first-order chi connectivity index (χ1) is 13.0. The van der Waals surface area contributed by atoms with E-state index in [1.165, 1.54) is 17.4 Å². The average Bonchev–Trinajstić information content (AvgIpc) is 3.06. The van der Waals surface area contributed by atoms with E-state index in [0.717, 1.165) is 27.9 Å². The van der Waals surface area contributed by atoms with Gasteiger partial charge in [0.15, 0.2) is 0 Å². The first-order valence-electron chi connectivity index (χ1n) is 8.78. The van der Waals surface area contributed by atoms with Crippen molar-refractivity contribution in [1.29, 1.82) is 0 Å². The summed E-state index contributed by atoms with van der Waals surface area (Å²) in [5, 5.41) is 0.633. The van der Waals surface area contributed by atoms with Gasteiger partial charge in [0.25, 0.3) is 11.1 Å². The molecule has 0 N–H and O–H groups in total. The summed E-state index contributed by atoms with van der Waals surface area (Å²) in [5.74, 6) is -1.94. The number of likely N-dealkylation sites (tertiary alicyclic amines) is 1. The minimum atomic E-state index is -0.830. The molecule has 0 spiro atoms. The Kier molecular flexibility index (Phi) is 4.78. The molecule has 1 aliphatic heterocycles. The average molecular weight is 388 g/mol. The summed E-state index contributed by atoms with van der Waals surface area (Å²) < 4.78 is 34.0. The fraction of sp³-hybridized carbons (Fsp3) is 0.300. The van der Waals surface area contributed by atoms with Crippen LogP contribution in [0.2, 0.25) is 0 Å². The van der Waals surface area contributed by atoms with Crippen molar-refractivity contribution in [3.63, 3.8) is 0 Å². The summed E-state index contributed by atoms with van der Waals surface area (Å²) in [4.78, 5) is 18.6. The number of thiazole rings is 1. The van der Waals surface area contributed by atoms with Gasteiger partial charge in [0.2, 0.25) is 0 Å². The van der Waals surface area contributed by atoms with Crippen LogP contribution < -0.4 is 4.74 Å². The van der Waals surface area contributed by atoms with Gasteiger partial charge in [-0.15, -0.1) is 0 Å². The number of aryl methyl sites for hydroxylation is 1. The van der Waals surface area contributed by atoms with Crippen LogP contribution in [0.3, 0.4) is 0 Å². The van der Waals surface area contributed by atoms with Gasteiger partial charge in [-0.05, 0) is 30.7 Å². The van der Waals surface area contributed by atoms with E-state index in [1.54, 1.807) is 4.90 Å². The predicted octanol–water partition coefficient (Wildman–Crippen LogP) is 4.57. The summed E-state index contributed by atoms with van der Waals surface area (Å²) in [7, 11) is 0. The van der Waals surface area contributed by atoms with Crippen molar-refractivity contribution in [2.75, 3.05) is 13.1 Å². The summed E-state index contributed by atoms with van der Waals surface area (Å²) in [5.41, 5.74) is 1.97. The normalized spacial score (nSPS) is 15.3. The molecule has 27 heavy (non-hydrogen) atoms. The largest absolute Gasteiger partial charge is 0.467 e. The van der Waals surface area contributed by atoms with Crippen LogP contribution in [0.25, 0.3) is 10.2 Å². The third-order valence-corrected chi connectivity index (χ3v) is 5.67. The number of benzene rings is 2. The minimum Gasteiger partial charge on any atom is -0.467 e. The Bertz CT molecular complexity index is 997. The van der Waals surface area contributed by atoms with Gasteiger partial charge in [-0.25, -0.2) is 13.8 Å². The fourth-order valence-electron chi connectivity index (χ4n) is 3.27.